The maximum atomic E-state index is 10.4. The molecule has 0 unspecified atom stereocenters. The SMILES string of the molecule is NOC(=O)c1ccon1. The molecule has 0 aliphatic carbocycles. The van der Waals surface area contributed by atoms with E-state index in [9.17, 15) is 4.79 Å². The average molecular weight is 128 g/mol. The second kappa shape index (κ2) is 2.27. The van der Waals surface area contributed by atoms with Gasteiger partial charge in [0.2, 0.25) is 0 Å². The van der Waals surface area contributed by atoms with Gasteiger partial charge in [-0.15, -0.1) is 0 Å². The highest BCUT2D eigenvalue weighted by Crippen LogP contribution is 1.93. The Morgan fingerprint density at radius 2 is 2.67 bits per heavy atom. The monoisotopic (exact) mass is 128 g/mol. The minimum absolute atomic E-state index is 0.0671. The molecule has 5 heteroatoms. The molecular weight excluding hydrogens is 124 g/mol. The van der Waals surface area contributed by atoms with Gasteiger partial charge in [-0.25, -0.2) is 4.79 Å². The van der Waals surface area contributed by atoms with Gasteiger partial charge in [0, 0.05) is 6.07 Å². The van der Waals surface area contributed by atoms with Crippen LogP contribution in [0.2, 0.25) is 0 Å². The van der Waals surface area contributed by atoms with Crippen LogP contribution in [0.15, 0.2) is 16.9 Å². The molecule has 0 bridgehead atoms. The highest BCUT2D eigenvalue weighted by atomic mass is 16.7. The van der Waals surface area contributed by atoms with Crippen LogP contribution in [0.5, 0.6) is 0 Å². The topological polar surface area (TPSA) is 78.4 Å². The van der Waals surface area contributed by atoms with Crippen molar-refractivity contribution in [2.45, 2.75) is 0 Å². The van der Waals surface area contributed by atoms with Gasteiger partial charge >= 0.3 is 5.97 Å². The summed E-state index contributed by atoms with van der Waals surface area (Å²) < 4.78 is 4.33. The highest BCUT2D eigenvalue weighted by molar-refractivity contribution is 5.86. The van der Waals surface area contributed by atoms with Gasteiger partial charge in [-0.3, -0.25) is 0 Å². The lowest BCUT2D eigenvalue weighted by atomic mass is 10.5. The minimum Gasteiger partial charge on any atom is -0.368 e. The zero-order valence-corrected chi connectivity index (χ0v) is 4.40. The van der Waals surface area contributed by atoms with E-state index in [2.05, 4.69) is 20.4 Å². The number of rotatable bonds is 1. The van der Waals surface area contributed by atoms with Crippen LogP contribution in [0.4, 0.5) is 0 Å². The van der Waals surface area contributed by atoms with E-state index in [1.54, 1.807) is 0 Å². The number of aromatic nitrogens is 1. The van der Waals surface area contributed by atoms with E-state index in [0.717, 1.165) is 0 Å². The number of hydrogen-bond donors (Lipinski definition) is 1. The molecule has 2 N–H and O–H groups in total. The molecule has 0 amide bonds. The van der Waals surface area contributed by atoms with Gasteiger partial charge in [-0.2, -0.15) is 5.90 Å². The van der Waals surface area contributed by atoms with Crippen LogP contribution in [-0.2, 0) is 4.84 Å². The van der Waals surface area contributed by atoms with Crippen molar-refractivity contribution in [3.8, 4) is 0 Å². The van der Waals surface area contributed by atoms with E-state index in [4.69, 9.17) is 0 Å². The molecular formula is C4H4N2O3. The summed E-state index contributed by atoms with van der Waals surface area (Å²) in [6.45, 7) is 0. The first kappa shape index (κ1) is 5.77. The van der Waals surface area contributed by atoms with Gasteiger partial charge < -0.3 is 9.36 Å². The number of carbonyl (C=O) groups is 1. The average Bonchev–Trinajstić information content (AvgIpc) is 2.37. The maximum Gasteiger partial charge on any atom is 0.378 e. The first-order chi connectivity index (χ1) is 4.34. The lowest BCUT2D eigenvalue weighted by molar-refractivity contribution is 0.0491. The number of nitrogens with zero attached hydrogens (tertiary/aromatic N) is 1. The van der Waals surface area contributed by atoms with Crippen molar-refractivity contribution in [3.05, 3.63) is 18.0 Å². The zero-order chi connectivity index (χ0) is 6.69. The Morgan fingerprint density at radius 1 is 1.89 bits per heavy atom. The molecule has 0 radical (unpaired) electrons. The molecule has 0 atom stereocenters. The quantitative estimate of drug-likeness (QED) is 0.525. The third kappa shape index (κ3) is 1.06. The first-order valence-corrected chi connectivity index (χ1v) is 2.16. The van der Waals surface area contributed by atoms with Gasteiger partial charge in [-0.1, -0.05) is 5.16 Å². The molecule has 9 heavy (non-hydrogen) atoms. The summed E-state index contributed by atoms with van der Waals surface area (Å²) in [4.78, 5) is 14.2. The second-order valence-corrected chi connectivity index (χ2v) is 1.29. The van der Waals surface area contributed by atoms with Crippen LogP contribution in [0.3, 0.4) is 0 Å². The summed E-state index contributed by atoms with van der Waals surface area (Å²) in [6, 6.07) is 1.36. The fourth-order valence-electron chi connectivity index (χ4n) is 0.378. The van der Waals surface area contributed by atoms with Crippen molar-refractivity contribution in [3.63, 3.8) is 0 Å². The largest absolute Gasteiger partial charge is 0.378 e. The Morgan fingerprint density at radius 3 is 3.11 bits per heavy atom. The predicted molar refractivity (Wildman–Crippen MR) is 26.1 cm³/mol. The number of carbonyl (C=O) groups excluding carboxylic acids is 1. The summed E-state index contributed by atoms with van der Waals surface area (Å²) in [6.07, 6.45) is 1.26. The highest BCUT2D eigenvalue weighted by Gasteiger charge is 2.07. The fraction of sp³-hybridized carbons (Fsp3) is 0. The summed E-state index contributed by atoms with van der Waals surface area (Å²) in [7, 11) is 0. The van der Waals surface area contributed by atoms with Gasteiger partial charge in [0.05, 0.1) is 0 Å². The molecule has 1 aromatic rings. The standard InChI is InChI=1S/C4H4N2O3/c5-9-4(7)3-1-2-8-6-3/h1-2H,5H2. The van der Waals surface area contributed by atoms with Gasteiger partial charge in [0.15, 0.2) is 5.69 Å². The normalized spacial score (nSPS) is 9.00. The molecule has 0 fully saturated rings. The van der Waals surface area contributed by atoms with Crippen molar-refractivity contribution in [2.75, 3.05) is 0 Å². The predicted octanol–water partition coefficient (Wildman–Crippen LogP) is -0.295. The first-order valence-electron chi connectivity index (χ1n) is 2.16. The second-order valence-electron chi connectivity index (χ2n) is 1.29. The van der Waals surface area contributed by atoms with Gasteiger partial charge in [-0.05, 0) is 0 Å². The Labute approximate surface area is 50.3 Å². The Balaban J connectivity index is 2.77. The van der Waals surface area contributed by atoms with Crippen molar-refractivity contribution in [2.24, 2.45) is 5.90 Å². The van der Waals surface area contributed by atoms with Crippen LogP contribution in [-0.4, -0.2) is 11.1 Å². The van der Waals surface area contributed by atoms with E-state index < -0.39 is 5.97 Å². The van der Waals surface area contributed by atoms with E-state index in [1.807, 2.05) is 0 Å². The number of hydrogen-bond acceptors (Lipinski definition) is 5. The van der Waals surface area contributed by atoms with Crippen LogP contribution in [0, 0.1) is 0 Å². The summed E-state index contributed by atoms with van der Waals surface area (Å²) >= 11 is 0. The Bertz CT molecular complexity index is 194. The van der Waals surface area contributed by atoms with Crippen molar-refractivity contribution >= 4 is 5.97 Å². The van der Waals surface area contributed by atoms with Gasteiger partial charge in [0.1, 0.15) is 6.26 Å². The maximum absolute atomic E-state index is 10.4. The van der Waals surface area contributed by atoms with Gasteiger partial charge in [0.25, 0.3) is 0 Å². The van der Waals surface area contributed by atoms with Crippen LogP contribution < -0.4 is 5.90 Å². The smallest absolute Gasteiger partial charge is 0.368 e. The number of nitrogens with two attached hydrogens (primary N) is 1. The molecule has 5 nitrogen and oxygen atoms in total. The lowest BCUT2D eigenvalue weighted by Gasteiger charge is -1.86. The fourth-order valence-corrected chi connectivity index (χ4v) is 0.378. The molecule has 0 aliphatic rings. The third-order valence-electron chi connectivity index (χ3n) is 0.754. The van der Waals surface area contributed by atoms with Crippen molar-refractivity contribution in [1.82, 2.24) is 5.16 Å². The molecule has 0 aliphatic heterocycles. The molecule has 0 saturated heterocycles. The summed E-state index contributed by atoms with van der Waals surface area (Å²) in [5.74, 6) is 3.83. The molecule has 1 heterocycles. The molecule has 1 aromatic heterocycles. The van der Waals surface area contributed by atoms with Crippen LogP contribution in [0.1, 0.15) is 10.5 Å². The third-order valence-corrected chi connectivity index (χ3v) is 0.754. The van der Waals surface area contributed by atoms with Crippen LogP contribution >= 0.6 is 0 Å². The van der Waals surface area contributed by atoms with E-state index >= 15 is 0 Å². The summed E-state index contributed by atoms with van der Waals surface area (Å²) in [5, 5.41) is 3.26. The minimum atomic E-state index is -0.705. The molecule has 0 spiro atoms. The molecule has 48 valence electrons. The molecule has 0 aromatic carbocycles. The van der Waals surface area contributed by atoms with Crippen molar-refractivity contribution in [1.29, 1.82) is 0 Å². The van der Waals surface area contributed by atoms with E-state index in [0.29, 0.717) is 0 Å². The molecule has 0 saturated carbocycles. The van der Waals surface area contributed by atoms with Crippen LogP contribution in [0.25, 0.3) is 0 Å². The van der Waals surface area contributed by atoms with E-state index in [-0.39, 0.29) is 5.69 Å². The molecule has 1 rings (SSSR count). The zero-order valence-electron chi connectivity index (χ0n) is 4.40. The Hall–Kier alpha value is -1.36. The van der Waals surface area contributed by atoms with E-state index in [1.165, 1.54) is 12.3 Å². The summed E-state index contributed by atoms with van der Waals surface area (Å²) in [5.41, 5.74) is 0.0671. The van der Waals surface area contributed by atoms with Crippen molar-refractivity contribution < 1.29 is 14.2 Å². The lowest BCUT2D eigenvalue weighted by Crippen LogP contribution is -2.09. The Kier molecular flexibility index (Phi) is 1.46.